The van der Waals surface area contributed by atoms with Crippen molar-refractivity contribution >= 4 is 27.6 Å². The smallest absolute Gasteiger partial charge is 0.337 e. The van der Waals surface area contributed by atoms with E-state index in [9.17, 15) is 13.2 Å². The molecule has 9 heteroatoms. The maximum Gasteiger partial charge on any atom is 0.337 e. The normalized spacial score (nSPS) is 11.4. The molecule has 2 rings (SSSR count). The van der Waals surface area contributed by atoms with Crippen molar-refractivity contribution in [2.24, 2.45) is 0 Å². The number of aromatic carboxylic acids is 1. The van der Waals surface area contributed by atoms with Gasteiger partial charge in [-0.15, -0.1) is 0 Å². The van der Waals surface area contributed by atoms with Crippen LogP contribution < -0.4 is 4.72 Å². The summed E-state index contributed by atoms with van der Waals surface area (Å²) in [7, 11) is -3.86. The maximum absolute atomic E-state index is 12.0. The Kier molecular flexibility index (Phi) is 4.07. The zero-order chi connectivity index (χ0) is 14.8. The van der Waals surface area contributed by atoms with Crippen LogP contribution in [-0.4, -0.2) is 24.7 Å². The van der Waals surface area contributed by atoms with Gasteiger partial charge in [-0.25, -0.2) is 17.9 Å². The quantitative estimate of drug-likeness (QED) is 0.865. The SMILES string of the molecule is O=C(O)c1cc(S(=O)(=O)NCc2ccon2)ccc1Cl. The number of halogens is 1. The van der Waals surface area contributed by atoms with E-state index in [0.717, 1.165) is 6.07 Å². The average Bonchev–Trinajstić information content (AvgIpc) is 2.89. The van der Waals surface area contributed by atoms with Crippen molar-refractivity contribution < 1.29 is 22.8 Å². The molecule has 1 aromatic heterocycles. The summed E-state index contributed by atoms with van der Waals surface area (Å²) >= 11 is 5.68. The summed E-state index contributed by atoms with van der Waals surface area (Å²) < 4.78 is 30.9. The molecule has 0 fully saturated rings. The fourth-order valence-electron chi connectivity index (χ4n) is 1.42. The van der Waals surface area contributed by atoms with Gasteiger partial charge in [0.2, 0.25) is 10.0 Å². The first-order valence-electron chi connectivity index (χ1n) is 5.32. The number of carbonyl (C=O) groups is 1. The molecule has 0 amide bonds. The summed E-state index contributed by atoms with van der Waals surface area (Å²) in [6.45, 7) is -0.0656. The average molecular weight is 317 g/mol. The van der Waals surface area contributed by atoms with Crippen molar-refractivity contribution in [3.05, 3.63) is 46.8 Å². The number of benzene rings is 1. The second-order valence-electron chi connectivity index (χ2n) is 3.76. The molecule has 0 aliphatic heterocycles. The van der Waals surface area contributed by atoms with E-state index in [1.165, 1.54) is 24.5 Å². The second-order valence-corrected chi connectivity index (χ2v) is 5.94. The highest BCUT2D eigenvalue weighted by Crippen LogP contribution is 2.20. The monoisotopic (exact) mass is 316 g/mol. The van der Waals surface area contributed by atoms with E-state index >= 15 is 0 Å². The summed E-state index contributed by atoms with van der Waals surface area (Å²) in [5, 5.41) is 12.4. The van der Waals surface area contributed by atoms with Gasteiger partial charge in [0.15, 0.2) is 0 Å². The van der Waals surface area contributed by atoms with E-state index in [1.807, 2.05) is 0 Å². The minimum Gasteiger partial charge on any atom is -0.478 e. The second kappa shape index (κ2) is 5.61. The number of sulfonamides is 1. The molecule has 2 N–H and O–H groups in total. The lowest BCUT2D eigenvalue weighted by Gasteiger charge is -2.07. The van der Waals surface area contributed by atoms with Crippen LogP contribution in [0.15, 0.2) is 39.9 Å². The number of nitrogens with one attached hydrogen (secondary N) is 1. The molecule has 106 valence electrons. The van der Waals surface area contributed by atoms with Crippen LogP contribution in [0.1, 0.15) is 16.1 Å². The molecule has 2 aromatic rings. The number of nitrogens with zero attached hydrogens (tertiary/aromatic N) is 1. The molecule has 1 aromatic carbocycles. The number of hydrogen-bond acceptors (Lipinski definition) is 5. The molecule has 7 nitrogen and oxygen atoms in total. The van der Waals surface area contributed by atoms with Gasteiger partial charge in [-0.05, 0) is 18.2 Å². The van der Waals surface area contributed by atoms with Crippen LogP contribution in [0, 0.1) is 0 Å². The number of aromatic nitrogens is 1. The summed E-state index contributed by atoms with van der Waals surface area (Å²) in [5.41, 5.74) is 0.122. The minimum absolute atomic E-state index is 0.0343. The van der Waals surface area contributed by atoms with Crippen LogP contribution in [0.2, 0.25) is 5.02 Å². The third-order valence-electron chi connectivity index (χ3n) is 2.41. The highest BCUT2D eigenvalue weighted by atomic mass is 35.5. The van der Waals surface area contributed by atoms with Crippen LogP contribution in [0.5, 0.6) is 0 Å². The molecule has 20 heavy (non-hydrogen) atoms. The standard InChI is InChI=1S/C11H9ClN2O5S/c12-10-2-1-8(5-9(10)11(15)16)20(17,18)13-6-7-3-4-19-14-7/h1-5,13H,6H2,(H,15,16). The van der Waals surface area contributed by atoms with E-state index in [4.69, 9.17) is 16.7 Å². The fourth-order valence-corrected chi connectivity index (χ4v) is 2.64. The molecule has 0 saturated carbocycles. The summed E-state index contributed by atoms with van der Waals surface area (Å²) in [5.74, 6) is -1.30. The predicted octanol–water partition coefficient (Wildman–Crippen LogP) is 1.50. The Morgan fingerprint density at radius 1 is 1.40 bits per heavy atom. The van der Waals surface area contributed by atoms with E-state index in [0.29, 0.717) is 5.69 Å². The van der Waals surface area contributed by atoms with E-state index in [2.05, 4.69) is 14.4 Å². The molecule has 0 spiro atoms. The largest absolute Gasteiger partial charge is 0.478 e. The first-order chi connectivity index (χ1) is 9.40. The van der Waals surface area contributed by atoms with E-state index in [-0.39, 0.29) is 22.0 Å². The topological polar surface area (TPSA) is 110 Å². The minimum atomic E-state index is -3.86. The molecule has 0 unspecified atom stereocenters. The Balaban J connectivity index is 2.25. The van der Waals surface area contributed by atoms with Crippen LogP contribution in [-0.2, 0) is 16.6 Å². The van der Waals surface area contributed by atoms with Crippen LogP contribution in [0.25, 0.3) is 0 Å². The molecular weight excluding hydrogens is 308 g/mol. The zero-order valence-corrected chi connectivity index (χ0v) is 11.5. The molecule has 0 atom stereocenters. The molecule has 1 heterocycles. The number of carboxylic acid groups (broad SMARTS) is 1. The Morgan fingerprint density at radius 3 is 2.75 bits per heavy atom. The van der Waals surface area contributed by atoms with Gasteiger partial charge in [0.25, 0.3) is 0 Å². The molecule has 0 radical (unpaired) electrons. The lowest BCUT2D eigenvalue weighted by Crippen LogP contribution is -2.23. The Hall–Kier alpha value is -1.90. The van der Waals surface area contributed by atoms with Gasteiger partial charge in [-0.2, -0.15) is 0 Å². The molecule has 0 aliphatic carbocycles. The van der Waals surface area contributed by atoms with E-state index in [1.54, 1.807) is 0 Å². The van der Waals surface area contributed by atoms with Gasteiger partial charge >= 0.3 is 5.97 Å². The first kappa shape index (κ1) is 14.5. The van der Waals surface area contributed by atoms with Crippen molar-refractivity contribution in [1.29, 1.82) is 0 Å². The van der Waals surface area contributed by atoms with Crippen LogP contribution in [0.3, 0.4) is 0 Å². The summed E-state index contributed by atoms with van der Waals surface area (Å²) in [6.07, 6.45) is 1.31. The fraction of sp³-hybridized carbons (Fsp3) is 0.0909. The molecule has 0 aliphatic rings. The molecular formula is C11H9ClN2O5S. The van der Waals surface area contributed by atoms with Gasteiger partial charge < -0.3 is 9.63 Å². The predicted molar refractivity (Wildman–Crippen MR) is 68.9 cm³/mol. The van der Waals surface area contributed by atoms with Gasteiger partial charge in [-0.3, -0.25) is 0 Å². The van der Waals surface area contributed by atoms with Gasteiger partial charge in [0.05, 0.1) is 27.7 Å². The third-order valence-corrected chi connectivity index (χ3v) is 4.14. The summed E-state index contributed by atoms with van der Waals surface area (Å²) in [4.78, 5) is 10.7. The highest BCUT2D eigenvalue weighted by molar-refractivity contribution is 7.89. The van der Waals surface area contributed by atoms with Crippen molar-refractivity contribution in [3.63, 3.8) is 0 Å². The van der Waals surface area contributed by atoms with Crippen molar-refractivity contribution in [3.8, 4) is 0 Å². The van der Waals surface area contributed by atoms with Crippen LogP contribution in [0.4, 0.5) is 0 Å². The van der Waals surface area contributed by atoms with Crippen molar-refractivity contribution in [2.45, 2.75) is 11.4 Å². The first-order valence-corrected chi connectivity index (χ1v) is 7.18. The summed E-state index contributed by atoms with van der Waals surface area (Å²) in [6, 6.07) is 4.94. The Labute approximate surface area is 119 Å². The Bertz CT molecular complexity index is 727. The van der Waals surface area contributed by atoms with Crippen LogP contribution >= 0.6 is 11.6 Å². The Morgan fingerprint density at radius 2 is 2.15 bits per heavy atom. The third kappa shape index (κ3) is 3.16. The number of rotatable bonds is 5. The zero-order valence-electron chi connectivity index (χ0n) is 9.91. The number of carboxylic acids is 1. The van der Waals surface area contributed by atoms with E-state index < -0.39 is 16.0 Å². The highest BCUT2D eigenvalue weighted by Gasteiger charge is 2.18. The number of hydrogen-bond donors (Lipinski definition) is 2. The maximum atomic E-state index is 12.0. The van der Waals surface area contributed by atoms with Crippen molar-refractivity contribution in [2.75, 3.05) is 0 Å². The van der Waals surface area contributed by atoms with Gasteiger partial charge in [-0.1, -0.05) is 16.8 Å². The lowest BCUT2D eigenvalue weighted by atomic mass is 10.2. The lowest BCUT2D eigenvalue weighted by molar-refractivity contribution is 0.0697. The van der Waals surface area contributed by atoms with Gasteiger partial charge in [0.1, 0.15) is 6.26 Å². The van der Waals surface area contributed by atoms with Crippen molar-refractivity contribution in [1.82, 2.24) is 9.88 Å². The van der Waals surface area contributed by atoms with Gasteiger partial charge in [0, 0.05) is 6.07 Å². The molecule has 0 saturated heterocycles. The molecule has 0 bridgehead atoms.